The fraction of sp³-hybridized carbons (Fsp3) is 0.375. The van der Waals surface area contributed by atoms with Crippen molar-refractivity contribution in [2.75, 3.05) is 24.2 Å². The van der Waals surface area contributed by atoms with Crippen molar-refractivity contribution in [3.63, 3.8) is 0 Å². The summed E-state index contributed by atoms with van der Waals surface area (Å²) < 4.78 is 1.68. The number of aryl methyl sites for hydroxylation is 3. The zero-order chi connectivity index (χ0) is 15.7. The maximum Gasteiger partial charge on any atom is 0.171 e. The Bertz CT molecular complexity index is 698. The van der Waals surface area contributed by atoms with Gasteiger partial charge in [-0.05, 0) is 38.8 Å². The topological polar surface area (TPSA) is 70.9 Å². The maximum atomic E-state index is 9.38. The predicted molar refractivity (Wildman–Crippen MR) is 85.8 cm³/mol. The number of nitrogens with zero attached hydrogens (tertiary/aromatic N) is 4. The number of nitriles is 1. The van der Waals surface area contributed by atoms with E-state index in [0.717, 1.165) is 23.4 Å². The third-order valence-corrected chi connectivity index (χ3v) is 3.70. The molecule has 0 spiro atoms. The van der Waals surface area contributed by atoms with E-state index in [-0.39, 0.29) is 0 Å². The molecule has 0 amide bonds. The molecule has 2 N–H and O–H groups in total. The van der Waals surface area contributed by atoms with E-state index in [0.29, 0.717) is 17.2 Å². The lowest BCUT2D eigenvalue weighted by atomic mass is 10.1. The SMILES string of the molecule is CCN(C)c1nn(-c2c(C)cc(C)cc2C)c(N)c1C#N. The first-order valence-corrected chi connectivity index (χ1v) is 6.98. The molecule has 2 rings (SSSR count). The first-order chi connectivity index (χ1) is 9.90. The van der Waals surface area contributed by atoms with Crippen LogP contribution in [0.25, 0.3) is 5.69 Å². The van der Waals surface area contributed by atoms with Gasteiger partial charge in [0, 0.05) is 13.6 Å². The van der Waals surface area contributed by atoms with Crippen molar-refractivity contribution in [2.45, 2.75) is 27.7 Å². The molecular formula is C16H21N5. The first kappa shape index (κ1) is 14.9. The van der Waals surface area contributed by atoms with Crippen LogP contribution < -0.4 is 10.6 Å². The summed E-state index contributed by atoms with van der Waals surface area (Å²) in [5.41, 5.74) is 10.9. The maximum absolute atomic E-state index is 9.38. The van der Waals surface area contributed by atoms with Crippen LogP contribution in [0.4, 0.5) is 11.6 Å². The van der Waals surface area contributed by atoms with Crippen molar-refractivity contribution < 1.29 is 0 Å². The van der Waals surface area contributed by atoms with Crippen LogP contribution in [0.5, 0.6) is 0 Å². The Balaban J connectivity index is 2.72. The zero-order valence-corrected chi connectivity index (χ0v) is 13.2. The van der Waals surface area contributed by atoms with Crippen molar-refractivity contribution in [1.82, 2.24) is 9.78 Å². The zero-order valence-electron chi connectivity index (χ0n) is 13.2. The van der Waals surface area contributed by atoms with E-state index in [4.69, 9.17) is 5.73 Å². The fourth-order valence-electron chi connectivity index (χ4n) is 2.62. The number of anilines is 2. The minimum absolute atomic E-state index is 0.392. The van der Waals surface area contributed by atoms with Crippen LogP contribution in [-0.2, 0) is 0 Å². The van der Waals surface area contributed by atoms with Crippen LogP contribution in [0.3, 0.4) is 0 Å². The molecule has 5 nitrogen and oxygen atoms in total. The van der Waals surface area contributed by atoms with Crippen molar-refractivity contribution >= 4 is 11.6 Å². The third kappa shape index (κ3) is 2.45. The fourth-order valence-corrected chi connectivity index (χ4v) is 2.62. The van der Waals surface area contributed by atoms with Crippen LogP contribution in [0.15, 0.2) is 12.1 Å². The van der Waals surface area contributed by atoms with E-state index in [9.17, 15) is 5.26 Å². The van der Waals surface area contributed by atoms with Crippen LogP contribution >= 0.6 is 0 Å². The molecule has 0 unspecified atom stereocenters. The minimum Gasteiger partial charge on any atom is -0.382 e. The summed E-state index contributed by atoms with van der Waals surface area (Å²) in [6.07, 6.45) is 0. The smallest absolute Gasteiger partial charge is 0.171 e. The number of aromatic nitrogens is 2. The third-order valence-electron chi connectivity index (χ3n) is 3.70. The van der Waals surface area contributed by atoms with Gasteiger partial charge in [-0.3, -0.25) is 0 Å². The van der Waals surface area contributed by atoms with Crippen molar-refractivity contribution in [2.24, 2.45) is 0 Å². The predicted octanol–water partition coefficient (Wildman–Crippen LogP) is 2.71. The number of hydrogen-bond donors (Lipinski definition) is 1. The number of nitrogen functional groups attached to an aromatic ring is 1. The number of rotatable bonds is 3. The molecule has 0 saturated carbocycles. The quantitative estimate of drug-likeness (QED) is 0.940. The summed E-state index contributed by atoms with van der Waals surface area (Å²) in [6.45, 7) is 8.90. The van der Waals surface area contributed by atoms with E-state index in [1.54, 1.807) is 4.68 Å². The monoisotopic (exact) mass is 283 g/mol. The van der Waals surface area contributed by atoms with E-state index in [1.165, 1.54) is 5.56 Å². The van der Waals surface area contributed by atoms with Gasteiger partial charge in [0.05, 0.1) is 5.69 Å². The average molecular weight is 283 g/mol. The molecule has 0 fully saturated rings. The molecule has 0 aliphatic carbocycles. The Morgan fingerprint density at radius 1 is 1.29 bits per heavy atom. The average Bonchev–Trinajstić information content (AvgIpc) is 2.74. The molecule has 21 heavy (non-hydrogen) atoms. The molecule has 110 valence electrons. The lowest BCUT2D eigenvalue weighted by Crippen LogP contribution is -2.17. The van der Waals surface area contributed by atoms with E-state index < -0.39 is 0 Å². The van der Waals surface area contributed by atoms with Crippen molar-refractivity contribution in [3.8, 4) is 11.8 Å². The highest BCUT2D eigenvalue weighted by Gasteiger charge is 2.20. The highest BCUT2D eigenvalue weighted by atomic mass is 15.4. The second-order valence-electron chi connectivity index (χ2n) is 5.37. The van der Waals surface area contributed by atoms with Gasteiger partial charge in [0.25, 0.3) is 0 Å². The lowest BCUT2D eigenvalue weighted by Gasteiger charge is -2.14. The minimum atomic E-state index is 0.392. The first-order valence-electron chi connectivity index (χ1n) is 6.98. The summed E-state index contributed by atoms with van der Waals surface area (Å²) in [6, 6.07) is 6.36. The number of benzene rings is 1. The van der Waals surface area contributed by atoms with Crippen molar-refractivity contribution in [3.05, 3.63) is 34.4 Å². The Kier molecular flexibility index (Phi) is 3.90. The van der Waals surface area contributed by atoms with Gasteiger partial charge in [0.2, 0.25) is 0 Å². The normalized spacial score (nSPS) is 10.5. The van der Waals surface area contributed by atoms with Gasteiger partial charge in [-0.25, -0.2) is 4.68 Å². The Morgan fingerprint density at radius 3 is 2.33 bits per heavy atom. The summed E-state index contributed by atoms with van der Waals surface area (Å²) in [4.78, 5) is 1.92. The second kappa shape index (κ2) is 5.49. The second-order valence-corrected chi connectivity index (χ2v) is 5.37. The largest absolute Gasteiger partial charge is 0.382 e. The van der Waals surface area contributed by atoms with Gasteiger partial charge in [0.1, 0.15) is 17.5 Å². The van der Waals surface area contributed by atoms with Gasteiger partial charge < -0.3 is 10.6 Å². The molecule has 0 bridgehead atoms. The van der Waals surface area contributed by atoms with Gasteiger partial charge in [-0.1, -0.05) is 17.7 Å². The summed E-state index contributed by atoms with van der Waals surface area (Å²) in [7, 11) is 1.90. The number of nitrogens with two attached hydrogens (primary N) is 1. The molecular weight excluding hydrogens is 262 g/mol. The van der Waals surface area contributed by atoms with E-state index >= 15 is 0 Å². The Hall–Kier alpha value is -2.48. The molecule has 1 heterocycles. The lowest BCUT2D eigenvalue weighted by molar-refractivity contribution is 0.841. The molecule has 2 aromatic rings. The molecule has 1 aromatic heterocycles. The van der Waals surface area contributed by atoms with Gasteiger partial charge in [-0.2, -0.15) is 5.26 Å². The molecule has 0 aliphatic heterocycles. The summed E-state index contributed by atoms with van der Waals surface area (Å²) >= 11 is 0. The summed E-state index contributed by atoms with van der Waals surface area (Å²) in [5, 5.41) is 13.9. The van der Waals surface area contributed by atoms with Gasteiger partial charge in [0.15, 0.2) is 5.82 Å². The molecule has 1 aromatic carbocycles. The Morgan fingerprint density at radius 2 is 1.86 bits per heavy atom. The highest BCUT2D eigenvalue weighted by molar-refractivity contribution is 5.68. The Labute approximate surface area is 125 Å². The van der Waals surface area contributed by atoms with Crippen LogP contribution in [0.1, 0.15) is 29.2 Å². The standard InChI is InChI=1S/C16H21N5/c1-6-20(5)16-13(9-17)15(18)21(19-16)14-11(3)7-10(2)8-12(14)4/h7-8H,6,18H2,1-5H3. The van der Waals surface area contributed by atoms with Crippen LogP contribution in [-0.4, -0.2) is 23.4 Å². The van der Waals surface area contributed by atoms with Gasteiger partial charge in [-0.15, -0.1) is 5.10 Å². The molecule has 0 atom stereocenters. The number of hydrogen-bond acceptors (Lipinski definition) is 4. The van der Waals surface area contributed by atoms with E-state index in [2.05, 4.69) is 30.2 Å². The highest BCUT2D eigenvalue weighted by Crippen LogP contribution is 2.29. The molecule has 0 aliphatic rings. The van der Waals surface area contributed by atoms with Crippen LogP contribution in [0.2, 0.25) is 0 Å². The molecule has 0 radical (unpaired) electrons. The van der Waals surface area contributed by atoms with Crippen molar-refractivity contribution in [1.29, 1.82) is 5.26 Å². The van der Waals surface area contributed by atoms with Crippen LogP contribution in [0, 0.1) is 32.1 Å². The summed E-state index contributed by atoms with van der Waals surface area (Å²) in [5.74, 6) is 1.01. The molecule has 5 heteroatoms. The van der Waals surface area contributed by atoms with E-state index in [1.807, 2.05) is 32.7 Å². The molecule has 0 saturated heterocycles. The van der Waals surface area contributed by atoms with Gasteiger partial charge >= 0.3 is 0 Å².